The predicted octanol–water partition coefficient (Wildman–Crippen LogP) is 2.37. The summed E-state index contributed by atoms with van der Waals surface area (Å²) in [6, 6.07) is 0. The molecule has 0 aromatic carbocycles. The molecule has 0 saturated heterocycles. The van der Waals surface area contributed by atoms with Crippen molar-refractivity contribution in [2.24, 2.45) is 4.99 Å². The van der Waals surface area contributed by atoms with Gasteiger partial charge in [-0.1, -0.05) is 19.8 Å². The average molecular weight is 212 g/mol. The van der Waals surface area contributed by atoms with E-state index >= 15 is 0 Å². The van der Waals surface area contributed by atoms with Crippen molar-refractivity contribution >= 4 is 5.84 Å². The molecule has 0 aliphatic carbocycles. The zero-order valence-electron chi connectivity index (χ0n) is 9.93. The molecule has 0 atom stereocenters. The molecule has 3 heteroatoms. The summed E-state index contributed by atoms with van der Waals surface area (Å²) in [7, 11) is 0. The van der Waals surface area contributed by atoms with Crippen molar-refractivity contribution in [1.82, 2.24) is 5.32 Å². The molecule has 0 radical (unpaired) electrons. The van der Waals surface area contributed by atoms with E-state index in [1.165, 1.54) is 37.9 Å². The van der Waals surface area contributed by atoms with Crippen molar-refractivity contribution in [3.8, 4) is 0 Å². The molecule has 1 heterocycles. The molecule has 0 unspecified atom stereocenters. The fourth-order valence-electron chi connectivity index (χ4n) is 1.63. The summed E-state index contributed by atoms with van der Waals surface area (Å²) in [5.41, 5.74) is 0. The molecular formula is C12H24N2O. The Morgan fingerprint density at radius 2 is 2.20 bits per heavy atom. The molecule has 15 heavy (non-hydrogen) atoms. The largest absolute Gasteiger partial charge is 0.380 e. The first-order valence-electron chi connectivity index (χ1n) is 6.28. The maximum atomic E-state index is 5.48. The summed E-state index contributed by atoms with van der Waals surface area (Å²) in [5, 5.41) is 3.36. The maximum absolute atomic E-state index is 5.48. The molecule has 0 aromatic rings. The minimum Gasteiger partial charge on any atom is -0.380 e. The Hall–Kier alpha value is -0.570. The number of hydrogen-bond acceptors (Lipinski definition) is 3. The Bertz CT molecular complexity index is 180. The van der Waals surface area contributed by atoms with Crippen molar-refractivity contribution in [2.75, 3.05) is 26.3 Å². The topological polar surface area (TPSA) is 33.6 Å². The lowest BCUT2D eigenvalue weighted by molar-refractivity contribution is 0.136. The third kappa shape index (κ3) is 6.50. The van der Waals surface area contributed by atoms with Crippen LogP contribution in [-0.2, 0) is 4.74 Å². The highest BCUT2D eigenvalue weighted by Crippen LogP contribution is 2.05. The van der Waals surface area contributed by atoms with Gasteiger partial charge in [0.2, 0.25) is 0 Å². The molecule has 0 amide bonds. The number of amidine groups is 1. The van der Waals surface area contributed by atoms with Crippen LogP contribution in [0.3, 0.4) is 0 Å². The zero-order valence-corrected chi connectivity index (χ0v) is 9.93. The van der Waals surface area contributed by atoms with E-state index in [0.29, 0.717) is 0 Å². The van der Waals surface area contributed by atoms with Gasteiger partial charge in [0.15, 0.2) is 0 Å². The van der Waals surface area contributed by atoms with Gasteiger partial charge in [-0.2, -0.15) is 0 Å². The van der Waals surface area contributed by atoms with Crippen LogP contribution < -0.4 is 5.32 Å². The van der Waals surface area contributed by atoms with E-state index in [-0.39, 0.29) is 0 Å². The average Bonchev–Trinajstić information content (AvgIpc) is 2.52. The minimum atomic E-state index is 0.805. The molecule has 1 N–H and O–H groups in total. The van der Waals surface area contributed by atoms with Gasteiger partial charge in [0.25, 0.3) is 0 Å². The van der Waals surface area contributed by atoms with Gasteiger partial charge < -0.3 is 10.1 Å². The highest BCUT2D eigenvalue weighted by atomic mass is 16.5. The van der Waals surface area contributed by atoms with E-state index in [2.05, 4.69) is 17.2 Å². The lowest BCUT2D eigenvalue weighted by Crippen LogP contribution is -2.27. The van der Waals surface area contributed by atoms with Gasteiger partial charge in [0.05, 0.1) is 12.4 Å². The highest BCUT2D eigenvalue weighted by molar-refractivity contribution is 5.82. The fraction of sp³-hybridized carbons (Fsp3) is 0.917. The number of aliphatic imine (C=N–C) groups is 1. The number of ether oxygens (including phenoxy) is 1. The molecular weight excluding hydrogens is 188 g/mol. The third-order valence-electron chi connectivity index (χ3n) is 2.59. The molecule has 3 nitrogen and oxygen atoms in total. The number of nitrogens with one attached hydrogen (secondary N) is 1. The van der Waals surface area contributed by atoms with Gasteiger partial charge in [0.1, 0.15) is 0 Å². The maximum Gasteiger partial charge on any atom is 0.0963 e. The smallest absolute Gasteiger partial charge is 0.0963 e. The van der Waals surface area contributed by atoms with Crippen LogP contribution in [0.25, 0.3) is 0 Å². The molecule has 0 bridgehead atoms. The molecule has 88 valence electrons. The monoisotopic (exact) mass is 212 g/mol. The Labute approximate surface area is 93.3 Å². The zero-order chi connectivity index (χ0) is 10.8. The summed E-state index contributed by atoms with van der Waals surface area (Å²) >= 11 is 0. The van der Waals surface area contributed by atoms with Crippen molar-refractivity contribution < 1.29 is 4.74 Å². The second-order valence-electron chi connectivity index (χ2n) is 4.03. The van der Waals surface area contributed by atoms with Crippen molar-refractivity contribution in [3.63, 3.8) is 0 Å². The van der Waals surface area contributed by atoms with Crippen LogP contribution in [0, 0.1) is 0 Å². The van der Waals surface area contributed by atoms with E-state index in [1.54, 1.807) is 0 Å². The summed E-state index contributed by atoms with van der Waals surface area (Å²) in [6.45, 7) is 5.78. The van der Waals surface area contributed by atoms with Crippen LogP contribution in [0.2, 0.25) is 0 Å². The number of rotatable bonds is 6. The third-order valence-corrected chi connectivity index (χ3v) is 2.59. The molecule has 0 fully saturated rings. The van der Waals surface area contributed by atoms with Crippen LogP contribution in [0.4, 0.5) is 0 Å². The van der Waals surface area contributed by atoms with Crippen molar-refractivity contribution in [1.29, 1.82) is 0 Å². The summed E-state index contributed by atoms with van der Waals surface area (Å²) in [6.07, 6.45) is 7.35. The standard InChI is InChI=1S/C12H24N2O/c1-2-3-10-15-11-9-14-12-7-5-4-6-8-13-12/h2-11H2,1H3,(H,13,14). The van der Waals surface area contributed by atoms with Gasteiger partial charge in [-0.15, -0.1) is 0 Å². The second-order valence-corrected chi connectivity index (χ2v) is 4.03. The summed E-state index contributed by atoms with van der Waals surface area (Å²) in [5.74, 6) is 1.19. The van der Waals surface area contributed by atoms with E-state index in [9.17, 15) is 0 Å². The van der Waals surface area contributed by atoms with Crippen LogP contribution >= 0.6 is 0 Å². The van der Waals surface area contributed by atoms with E-state index < -0.39 is 0 Å². The molecule has 0 saturated carbocycles. The SMILES string of the molecule is CCCCOCCNC1=NCCCCC1. The first-order chi connectivity index (χ1) is 7.43. The van der Waals surface area contributed by atoms with Gasteiger partial charge >= 0.3 is 0 Å². The minimum absolute atomic E-state index is 0.805. The lowest BCUT2D eigenvalue weighted by atomic mass is 10.2. The quantitative estimate of drug-likeness (QED) is 0.686. The van der Waals surface area contributed by atoms with Gasteiger partial charge in [0, 0.05) is 26.1 Å². The lowest BCUT2D eigenvalue weighted by Gasteiger charge is -2.08. The first kappa shape index (κ1) is 12.5. The number of nitrogens with zero attached hydrogens (tertiary/aromatic N) is 1. The molecule has 0 spiro atoms. The van der Waals surface area contributed by atoms with Crippen molar-refractivity contribution in [2.45, 2.75) is 45.4 Å². The molecule has 1 aliphatic rings. The Morgan fingerprint density at radius 1 is 1.27 bits per heavy atom. The van der Waals surface area contributed by atoms with Crippen molar-refractivity contribution in [3.05, 3.63) is 0 Å². The second kappa shape index (κ2) is 8.72. The molecule has 1 aliphatic heterocycles. The predicted molar refractivity (Wildman–Crippen MR) is 64.5 cm³/mol. The van der Waals surface area contributed by atoms with E-state index in [0.717, 1.165) is 32.7 Å². The highest BCUT2D eigenvalue weighted by Gasteiger charge is 2.02. The Morgan fingerprint density at radius 3 is 3.07 bits per heavy atom. The van der Waals surface area contributed by atoms with Gasteiger partial charge in [-0.3, -0.25) is 4.99 Å². The first-order valence-corrected chi connectivity index (χ1v) is 6.28. The van der Waals surface area contributed by atoms with E-state index in [4.69, 9.17) is 4.74 Å². The van der Waals surface area contributed by atoms with E-state index in [1.807, 2.05) is 0 Å². The number of unbranched alkanes of at least 4 members (excludes halogenated alkanes) is 1. The Kier molecular flexibility index (Phi) is 7.26. The van der Waals surface area contributed by atoms with Crippen LogP contribution in [0.1, 0.15) is 45.4 Å². The molecule has 0 aromatic heterocycles. The van der Waals surface area contributed by atoms with Crippen LogP contribution in [-0.4, -0.2) is 32.1 Å². The number of hydrogen-bond donors (Lipinski definition) is 1. The van der Waals surface area contributed by atoms with Gasteiger partial charge in [-0.05, 0) is 19.3 Å². The van der Waals surface area contributed by atoms with Crippen LogP contribution in [0.5, 0.6) is 0 Å². The molecule has 1 rings (SSSR count). The normalized spacial score (nSPS) is 17.0. The van der Waals surface area contributed by atoms with Gasteiger partial charge in [-0.25, -0.2) is 0 Å². The fourth-order valence-corrected chi connectivity index (χ4v) is 1.63. The summed E-state index contributed by atoms with van der Waals surface area (Å²) < 4.78 is 5.48. The Balaban J connectivity index is 1.96. The van der Waals surface area contributed by atoms with Crippen LogP contribution in [0.15, 0.2) is 4.99 Å². The summed E-state index contributed by atoms with van der Waals surface area (Å²) in [4.78, 5) is 4.51.